The Bertz CT molecular complexity index is 1010. The quantitative estimate of drug-likeness (QED) is 0.673. The summed E-state index contributed by atoms with van der Waals surface area (Å²) in [6.45, 7) is 4.28. The first-order valence-corrected chi connectivity index (χ1v) is 9.69. The molecule has 3 aromatic rings. The first kappa shape index (κ1) is 18.5. The second-order valence-corrected chi connectivity index (χ2v) is 7.47. The van der Waals surface area contributed by atoms with Gasteiger partial charge >= 0.3 is 0 Å². The summed E-state index contributed by atoms with van der Waals surface area (Å²) in [4.78, 5) is 6.79. The fourth-order valence-electron chi connectivity index (χ4n) is 3.89. The van der Waals surface area contributed by atoms with Gasteiger partial charge < -0.3 is 19.5 Å². The van der Waals surface area contributed by atoms with Crippen molar-refractivity contribution in [1.82, 2.24) is 14.9 Å². The maximum Gasteiger partial charge on any atom is 0.174 e. The number of ether oxygens (including phenoxy) is 1. The predicted molar refractivity (Wildman–Crippen MR) is 116 cm³/mol. The van der Waals surface area contributed by atoms with Crippen LogP contribution in [0, 0.1) is 13.8 Å². The molecule has 4 rings (SSSR count). The Hall–Kier alpha value is -2.86. The van der Waals surface area contributed by atoms with E-state index >= 15 is 0 Å². The highest BCUT2D eigenvalue weighted by Crippen LogP contribution is 2.43. The number of pyridine rings is 1. The van der Waals surface area contributed by atoms with Gasteiger partial charge in [-0.1, -0.05) is 12.1 Å². The summed E-state index contributed by atoms with van der Waals surface area (Å²) in [6.07, 6.45) is 1.83. The Morgan fingerprint density at radius 2 is 1.93 bits per heavy atom. The SMILES string of the molecule is COc1cccc(N2C(=S)NC(c3ccccn3)C2c2cc(C)n(C)c2C)c1. The van der Waals surface area contributed by atoms with Crippen molar-refractivity contribution in [3.8, 4) is 5.75 Å². The average molecular weight is 393 g/mol. The molecular weight excluding hydrogens is 368 g/mol. The van der Waals surface area contributed by atoms with Gasteiger partial charge in [-0.05, 0) is 62.0 Å². The van der Waals surface area contributed by atoms with E-state index in [0.29, 0.717) is 5.11 Å². The van der Waals surface area contributed by atoms with Crippen molar-refractivity contribution in [3.05, 3.63) is 77.4 Å². The van der Waals surface area contributed by atoms with Crippen LogP contribution >= 0.6 is 12.2 Å². The van der Waals surface area contributed by atoms with Crippen LogP contribution in [-0.4, -0.2) is 21.8 Å². The van der Waals surface area contributed by atoms with E-state index in [1.165, 1.54) is 17.0 Å². The molecule has 28 heavy (non-hydrogen) atoms. The Labute approximate surface area is 171 Å². The second-order valence-electron chi connectivity index (χ2n) is 7.08. The number of nitrogens with one attached hydrogen (secondary N) is 1. The number of anilines is 1. The summed E-state index contributed by atoms with van der Waals surface area (Å²) in [5.74, 6) is 0.807. The monoisotopic (exact) mass is 392 g/mol. The number of rotatable bonds is 4. The number of hydrogen-bond donors (Lipinski definition) is 1. The van der Waals surface area contributed by atoms with Gasteiger partial charge in [0.05, 0.1) is 24.9 Å². The highest BCUT2D eigenvalue weighted by Gasteiger charge is 2.42. The molecular formula is C22H24N4OS. The van der Waals surface area contributed by atoms with Crippen LogP contribution < -0.4 is 15.0 Å². The van der Waals surface area contributed by atoms with E-state index in [9.17, 15) is 0 Å². The summed E-state index contributed by atoms with van der Waals surface area (Å²) >= 11 is 5.78. The van der Waals surface area contributed by atoms with Gasteiger partial charge in [0, 0.05) is 36.4 Å². The lowest BCUT2D eigenvalue weighted by Gasteiger charge is -2.28. The number of thiocarbonyl (C=S) groups is 1. The summed E-state index contributed by atoms with van der Waals surface area (Å²) in [7, 11) is 3.78. The number of aryl methyl sites for hydroxylation is 1. The molecule has 2 atom stereocenters. The summed E-state index contributed by atoms with van der Waals surface area (Å²) in [5, 5.41) is 4.20. The molecule has 0 bridgehead atoms. The van der Waals surface area contributed by atoms with Crippen LogP contribution in [0.3, 0.4) is 0 Å². The minimum atomic E-state index is -0.0413. The van der Waals surface area contributed by atoms with Gasteiger partial charge in [-0.25, -0.2) is 0 Å². The van der Waals surface area contributed by atoms with Gasteiger partial charge in [0.15, 0.2) is 5.11 Å². The molecule has 6 heteroatoms. The second kappa shape index (κ2) is 7.28. The molecule has 144 valence electrons. The van der Waals surface area contributed by atoms with Crippen LogP contribution in [0.1, 0.15) is 34.7 Å². The molecule has 1 aliphatic rings. The molecule has 0 aliphatic carbocycles. The van der Waals surface area contributed by atoms with Crippen molar-refractivity contribution < 1.29 is 4.74 Å². The Balaban J connectivity index is 1.88. The number of benzene rings is 1. The average Bonchev–Trinajstić information content (AvgIpc) is 3.19. The van der Waals surface area contributed by atoms with Crippen LogP contribution in [0.25, 0.3) is 0 Å². The van der Waals surface area contributed by atoms with E-state index in [-0.39, 0.29) is 12.1 Å². The molecule has 0 saturated carbocycles. The molecule has 3 heterocycles. The highest BCUT2D eigenvalue weighted by molar-refractivity contribution is 7.80. The van der Waals surface area contributed by atoms with Crippen molar-refractivity contribution in [2.75, 3.05) is 12.0 Å². The number of methoxy groups -OCH3 is 1. The Kier molecular flexibility index (Phi) is 4.81. The maximum atomic E-state index is 5.78. The minimum Gasteiger partial charge on any atom is -0.497 e. The normalized spacial score (nSPS) is 19.0. The van der Waals surface area contributed by atoms with Gasteiger partial charge in [-0.2, -0.15) is 0 Å². The summed E-state index contributed by atoms with van der Waals surface area (Å²) in [6, 6.07) is 16.2. The zero-order valence-corrected chi connectivity index (χ0v) is 17.3. The van der Waals surface area contributed by atoms with Crippen molar-refractivity contribution in [3.63, 3.8) is 0 Å². The first-order chi connectivity index (χ1) is 13.5. The van der Waals surface area contributed by atoms with Crippen LogP contribution in [0.4, 0.5) is 5.69 Å². The van der Waals surface area contributed by atoms with Gasteiger partial charge in [0.25, 0.3) is 0 Å². The number of hydrogen-bond acceptors (Lipinski definition) is 3. The third kappa shape index (κ3) is 3.03. The van der Waals surface area contributed by atoms with Crippen LogP contribution in [0.2, 0.25) is 0 Å². The fourth-order valence-corrected chi connectivity index (χ4v) is 4.24. The zero-order chi connectivity index (χ0) is 19.8. The van der Waals surface area contributed by atoms with Gasteiger partial charge in [0.2, 0.25) is 0 Å². The molecule has 2 aromatic heterocycles. The highest BCUT2D eigenvalue weighted by atomic mass is 32.1. The third-order valence-electron chi connectivity index (χ3n) is 5.56. The lowest BCUT2D eigenvalue weighted by atomic mass is 9.96. The largest absolute Gasteiger partial charge is 0.497 e. The van der Waals surface area contributed by atoms with Crippen LogP contribution in [0.5, 0.6) is 5.75 Å². The van der Waals surface area contributed by atoms with Gasteiger partial charge in [0.1, 0.15) is 5.75 Å². The van der Waals surface area contributed by atoms with E-state index in [4.69, 9.17) is 17.0 Å². The lowest BCUT2D eigenvalue weighted by molar-refractivity contribution is 0.415. The summed E-state index contributed by atoms with van der Waals surface area (Å²) in [5.41, 5.74) is 5.66. The van der Waals surface area contributed by atoms with Crippen molar-refractivity contribution in [2.45, 2.75) is 25.9 Å². The predicted octanol–water partition coefficient (Wildman–Crippen LogP) is 4.22. The number of aromatic nitrogens is 2. The van der Waals surface area contributed by atoms with Crippen LogP contribution in [-0.2, 0) is 7.05 Å². The van der Waals surface area contributed by atoms with Crippen molar-refractivity contribution in [1.29, 1.82) is 0 Å². The van der Waals surface area contributed by atoms with E-state index < -0.39 is 0 Å². The molecule has 1 saturated heterocycles. The molecule has 1 fully saturated rings. The molecule has 1 aliphatic heterocycles. The Morgan fingerprint density at radius 3 is 2.57 bits per heavy atom. The van der Waals surface area contributed by atoms with Crippen molar-refractivity contribution in [2.24, 2.45) is 7.05 Å². The topological polar surface area (TPSA) is 42.3 Å². The fraction of sp³-hybridized carbons (Fsp3) is 0.273. The van der Waals surface area contributed by atoms with E-state index in [1.807, 2.05) is 42.6 Å². The van der Waals surface area contributed by atoms with Crippen LogP contribution in [0.15, 0.2) is 54.7 Å². The molecule has 0 radical (unpaired) electrons. The number of nitrogens with zero attached hydrogens (tertiary/aromatic N) is 3. The van der Waals surface area contributed by atoms with Gasteiger partial charge in [-0.3, -0.25) is 4.98 Å². The first-order valence-electron chi connectivity index (χ1n) is 9.28. The van der Waals surface area contributed by atoms with E-state index in [1.54, 1.807) is 7.11 Å². The molecule has 0 amide bonds. The van der Waals surface area contributed by atoms with Crippen molar-refractivity contribution >= 4 is 23.0 Å². The minimum absolute atomic E-state index is 0.00518. The molecule has 0 spiro atoms. The molecule has 1 N–H and O–H groups in total. The third-order valence-corrected chi connectivity index (χ3v) is 5.88. The molecule has 5 nitrogen and oxygen atoms in total. The van der Waals surface area contributed by atoms with Gasteiger partial charge in [-0.15, -0.1) is 0 Å². The lowest BCUT2D eigenvalue weighted by Crippen LogP contribution is -2.29. The zero-order valence-electron chi connectivity index (χ0n) is 16.5. The van der Waals surface area contributed by atoms with E-state index in [2.05, 4.69) is 52.8 Å². The molecule has 2 unspecified atom stereocenters. The Morgan fingerprint density at radius 1 is 1.11 bits per heavy atom. The maximum absolute atomic E-state index is 5.78. The van der Waals surface area contributed by atoms with E-state index in [0.717, 1.165) is 17.1 Å². The summed E-state index contributed by atoms with van der Waals surface area (Å²) < 4.78 is 7.66. The smallest absolute Gasteiger partial charge is 0.174 e. The standard InChI is InChI=1S/C22H24N4OS/c1-14-12-18(15(2)25(14)3)21-20(19-10-5-6-11-23-19)24-22(28)26(21)16-8-7-9-17(13-16)27-4/h5-13,20-21H,1-4H3,(H,24,28). The molecule has 1 aromatic carbocycles.